The monoisotopic (exact) mass is 212 g/mol. The summed E-state index contributed by atoms with van der Waals surface area (Å²) in [6, 6.07) is 2.08. The predicted molar refractivity (Wildman–Crippen MR) is 58.2 cm³/mol. The van der Waals surface area contributed by atoms with Gasteiger partial charge < -0.3 is 4.74 Å². The van der Waals surface area contributed by atoms with Gasteiger partial charge in [-0.25, -0.2) is 0 Å². The Hall–Kier alpha value is -1.08. The molecule has 4 heteroatoms. The molecule has 0 spiro atoms. The van der Waals surface area contributed by atoms with Crippen molar-refractivity contribution in [1.29, 1.82) is 5.26 Å². The third-order valence-electron chi connectivity index (χ3n) is 2.07. The number of carbonyl (C=O) groups excluding carboxylic acids is 1. The number of ether oxygens (including phenoxy) is 1. The fraction of sp³-hybridized carbons (Fsp3) is 0.818. The summed E-state index contributed by atoms with van der Waals surface area (Å²) >= 11 is 0. The van der Waals surface area contributed by atoms with E-state index in [4.69, 9.17) is 10.00 Å². The molecule has 86 valence electrons. The van der Waals surface area contributed by atoms with Crippen LogP contribution in [0.3, 0.4) is 0 Å². The minimum Gasteiger partial charge on any atom is -0.465 e. The van der Waals surface area contributed by atoms with Crippen molar-refractivity contribution < 1.29 is 9.53 Å². The van der Waals surface area contributed by atoms with Crippen LogP contribution in [-0.4, -0.2) is 36.1 Å². The topological polar surface area (TPSA) is 53.3 Å². The molecule has 0 atom stereocenters. The maximum absolute atomic E-state index is 11.3. The van der Waals surface area contributed by atoms with Crippen LogP contribution in [0.2, 0.25) is 0 Å². The van der Waals surface area contributed by atoms with E-state index >= 15 is 0 Å². The molecule has 0 saturated carbocycles. The van der Waals surface area contributed by atoms with E-state index in [0.29, 0.717) is 19.6 Å². The lowest BCUT2D eigenvalue weighted by Crippen LogP contribution is -2.45. The number of rotatable bonds is 5. The summed E-state index contributed by atoms with van der Waals surface area (Å²) in [5.74, 6) is -0.231. The van der Waals surface area contributed by atoms with Crippen molar-refractivity contribution in [2.75, 3.05) is 19.7 Å². The molecule has 0 rings (SSSR count). The molecule has 0 aliphatic rings. The van der Waals surface area contributed by atoms with Gasteiger partial charge in [-0.05, 0) is 27.7 Å². The number of hydrogen-bond donors (Lipinski definition) is 0. The Labute approximate surface area is 91.8 Å². The molecule has 0 saturated heterocycles. The summed E-state index contributed by atoms with van der Waals surface area (Å²) in [7, 11) is 0. The maximum Gasteiger partial charge on any atom is 0.320 e. The quantitative estimate of drug-likeness (QED) is 0.649. The number of esters is 1. The van der Waals surface area contributed by atoms with Gasteiger partial charge in [0.2, 0.25) is 0 Å². The van der Waals surface area contributed by atoms with Crippen molar-refractivity contribution in [1.82, 2.24) is 4.90 Å². The van der Waals surface area contributed by atoms with Gasteiger partial charge in [-0.3, -0.25) is 9.69 Å². The van der Waals surface area contributed by atoms with Crippen LogP contribution in [0.5, 0.6) is 0 Å². The summed E-state index contributed by atoms with van der Waals surface area (Å²) in [6.45, 7) is 9.08. The summed E-state index contributed by atoms with van der Waals surface area (Å²) in [4.78, 5) is 13.3. The Kier molecular flexibility index (Phi) is 5.95. The van der Waals surface area contributed by atoms with Gasteiger partial charge >= 0.3 is 5.97 Å². The Morgan fingerprint density at radius 2 is 2.07 bits per heavy atom. The lowest BCUT2D eigenvalue weighted by atomic mass is 10.1. The van der Waals surface area contributed by atoms with E-state index in [1.165, 1.54) is 0 Å². The smallest absolute Gasteiger partial charge is 0.320 e. The van der Waals surface area contributed by atoms with Gasteiger partial charge in [-0.2, -0.15) is 5.26 Å². The van der Waals surface area contributed by atoms with E-state index in [9.17, 15) is 4.79 Å². The van der Waals surface area contributed by atoms with Gasteiger partial charge in [-0.1, -0.05) is 0 Å². The summed E-state index contributed by atoms with van der Waals surface area (Å²) in [5, 5.41) is 8.53. The number of carbonyl (C=O) groups is 1. The normalized spacial score (nSPS) is 11.2. The molecule has 0 bridgehead atoms. The van der Waals surface area contributed by atoms with Crippen LogP contribution < -0.4 is 0 Å². The van der Waals surface area contributed by atoms with Crippen LogP contribution in [0.1, 0.15) is 34.1 Å². The Morgan fingerprint density at radius 3 is 2.47 bits per heavy atom. The molecule has 0 N–H and O–H groups in total. The van der Waals surface area contributed by atoms with E-state index in [-0.39, 0.29) is 18.1 Å². The molecule has 0 radical (unpaired) electrons. The van der Waals surface area contributed by atoms with Gasteiger partial charge in [-0.15, -0.1) is 0 Å². The first-order valence-corrected chi connectivity index (χ1v) is 5.19. The zero-order valence-electron chi connectivity index (χ0n) is 10.0. The molecule has 15 heavy (non-hydrogen) atoms. The highest BCUT2D eigenvalue weighted by atomic mass is 16.5. The average Bonchev–Trinajstić information content (AvgIpc) is 2.10. The largest absolute Gasteiger partial charge is 0.465 e. The van der Waals surface area contributed by atoms with E-state index in [2.05, 4.69) is 6.07 Å². The minimum absolute atomic E-state index is 0.121. The number of nitrogens with zero attached hydrogens (tertiary/aromatic N) is 2. The lowest BCUT2D eigenvalue weighted by Gasteiger charge is -2.34. The number of nitriles is 1. The lowest BCUT2D eigenvalue weighted by molar-refractivity contribution is -0.145. The van der Waals surface area contributed by atoms with Crippen molar-refractivity contribution in [3.8, 4) is 6.07 Å². The van der Waals surface area contributed by atoms with E-state index < -0.39 is 0 Å². The highest BCUT2D eigenvalue weighted by Gasteiger charge is 2.23. The van der Waals surface area contributed by atoms with Crippen LogP contribution in [0.4, 0.5) is 0 Å². The van der Waals surface area contributed by atoms with E-state index in [1.807, 2.05) is 25.7 Å². The molecule has 0 aromatic carbocycles. The average molecular weight is 212 g/mol. The van der Waals surface area contributed by atoms with E-state index in [0.717, 1.165) is 0 Å². The fourth-order valence-electron chi connectivity index (χ4n) is 1.20. The molecule has 0 heterocycles. The second-order valence-corrected chi connectivity index (χ2v) is 4.31. The Morgan fingerprint density at radius 1 is 1.47 bits per heavy atom. The van der Waals surface area contributed by atoms with Crippen LogP contribution in [0, 0.1) is 11.3 Å². The second kappa shape index (κ2) is 6.41. The Bertz CT molecular complexity index is 238. The van der Waals surface area contributed by atoms with Crippen LogP contribution in [0.25, 0.3) is 0 Å². The van der Waals surface area contributed by atoms with Crippen molar-refractivity contribution in [3.63, 3.8) is 0 Å². The first-order chi connectivity index (χ1) is 6.91. The zero-order valence-corrected chi connectivity index (χ0v) is 10.0. The molecular weight excluding hydrogens is 192 g/mol. The molecule has 0 aliphatic heterocycles. The molecule has 0 unspecified atom stereocenters. The first kappa shape index (κ1) is 13.9. The minimum atomic E-state index is -0.231. The zero-order chi connectivity index (χ0) is 11.9. The molecule has 4 nitrogen and oxygen atoms in total. The van der Waals surface area contributed by atoms with Crippen LogP contribution in [-0.2, 0) is 9.53 Å². The summed E-state index contributed by atoms with van der Waals surface area (Å²) in [6.07, 6.45) is 0.427. The van der Waals surface area contributed by atoms with Crippen LogP contribution >= 0.6 is 0 Å². The predicted octanol–water partition coefficient (Wildman–Crippen LogP) is 1.56. The third-order valence-corrected chi connectivity index (χ3v) is 2.07. The highest BCUT2D eigenvalue weighted by Crippen LogP contribution is 2.13. The molecule has 0 fully saturated rings. The van der Waals surface area contributed by atoms with Crippen molar-refractivity contribution >= 4 is 5.97 Å². The Balaban J connectivity index is 4.26. The molecule has 0 aromatic heterocycles. The standard InChI is InChI=1S/C11H20N2O2/c1-5-15-10(14)9-13(8-6-7-12)11(2,3)4/h5-6,8-9H2,1-4H3. The van der Waals surface area contributed by atoms with Gasteiger partial charge in [0.15, 0.2) is 0 Å². The van der Waals surface area contributed by atoms with Crippen LogP contribution in [0.15, 0.2) is 0 Å². The number of hydrogen-bond acceptors (Lipinski definition) is 4. The highest BCUT2D eigenvalue weighted by molar-refractivity contribution is 5.71. The van der Waals surface area contributed by atoms with Gasteiger partial charge in [0.1, 0.15) is 0 Å². The molecular formula is C11H20N2O2. The third kappa shape index (κ3) is 6.08. The van der Waals surface area contributed by atoms with Gasteiger partial charge in [0.05, 0.1) is 19.2 Å². The van der Waals surface area contributed by atoms with E-state index in [1.54, 1.807) is 6.92 Å². The summed E-state index contributed by atoms with van der Waals surface area (Å²) < 4.78 is 4.88. The van der Waals surface area contributed by atoms with Crippen molar-refractivity contribution in [2.45, 2.75) is 39.7 Å². The summed E-state index contributed by atoms with van der Waals surface area (Å²) in [5.41, 5.74) is -0.121. The fourth-order valence-corrected chi connectivity index (χ4v) is 1.20. The first-order valence-electron chi connectivity index (χ1n) is 5.19. The second-order valence-electron chi connectivity index (χ2n) is 4.31. The maximum atomic E-state index is 11.3. The van der Waals surface area contributed by atoms with Crippen molar-refractivity contribution in [2.24, 2.45) is 0 Å². The van der Waals surface area contributed by atoms with Crippen molar-refractivity contribution in [3.05, 3.63) is 0 Å². The molecule has 0 amide bonds. The molecule has 0 aromatic rings. The molecule has 0 aliphatic carbocycles. The SMILES string of the molecule is CCOC(=O)CN(CCC#N)C(C)(C)C. The van der Waals surface area contributed by atoms with Gasteiger partial charge in [0, 0.05) is 18.5 Å². The van der Waals surface area contributed by atoms with Gasteiger partial charge in [0.25, 0.3) is 0 Å².